The monoisotopic (exact) mass is 314 g/mol. The van der Waals surface area contributed by atoms with Crippen LogP contribution in [0.15, 0.2) is 23.0 Å². The molecule has 5 nitrogen and oxygen atoms in total. The van der Waals surface area contributed by atoms with Crippen molar-refractivity contribution in [3.8, 4) is 5.69 Å². The van der Waals surface area contributed by atoms with Crippen molar-refractivity contribution in [2.75, 3.05) is 6.54 Å². The molecule has 0 aliphatic carbocycles. The lowest BCUT2D eigenvalue weighted by Crippen LogP contribution is -2.17. The molecule has 0 atom stereocenters. The van der Waals surface area contributed by atoms with E-state index in [-0.39, 0.29) is 5.69 Å². The second-order valence-corrected chi connectivity index (χ2v) is 5.38. The zero-order chi connectivity index (χ0) is 14.5. The summed E-state index contributed by atoms with van der Waals surface area (Å²) in [6.07, 6.45) is 3.60. The predicted molar refractivity (Wildman–Crippen MR) is 80.8 cm³/mol. The van der Waals surface area contributed by atoms with Crippen LogP contribution in [0.2, 0.25) is 10.0 Å². The summed E-state index contributed by atoms with van der Waals surface area (Å²) in [5, 5.41) is 7.48. The quantitative estimate of drug-likeness (QED) is 0.804. The molecule has 0 aliphatic heterocycles. The van der Waals surface area contributed by atoms with Crippen molar-refractivity contribution in [2.24, 2.45) is 5.73 Å². The fourth-order valence-electron chi connectivity index (χ4n) is 2.04. The summed E-state index contributed by atoms with van der Waals surface area (Å²) in [6, 6.07) is 5.00. The molecular weight excluding hydrogens is 299 g/mol. The number of halogens is 2. The molecule has 1 aromatic carbocycles. The summed E-state index contributed by atoms with van der Waals surface area (Å²) < 4.78 is 1.50. The first-order valence-corrected chi connectivity index (χ1v) is 7.20. The summed E-state index contributed by atoms with van der Waals surface area (Å²) in [4.78, 5) is 11.9. The van der Waals surface area contributed by atoms with Gasteiger partial charge in [0.2, 0.25) is 0 Å². The van der Waals surface area contributed by atoms with Gasteiger partial charge in [0.1, 0.15) is 5.82 Å². The Bertz CT molecular complexity index is 615. The molecule has 0 spiro atoms. The molecule has 20 heavy (non-hydrogen) atoms. The van der Waals surface area contributed by atoms with Gasteiger partial charge < -0.3 is 5.73 Å². The molecule has 0 aliphatic rings. The Kier molecular flexibility index (Phi) is 5.23. The lowest BCUT2D eigenvalue weighted by molar-refractivity contribution is 0.661. The minimum atomic E-state index is -0.294. The topological polar surface area (TPSA) is 76.7 Å². The maximum atomic E-state index is 11.9. The predicted octanol–water partition coefficient (Wildman–Crippen LogP) is 2.54. The van der Waals surface area contributed by atoms with Gasteiger partial charge in [-0.05, 0) is 37.6 Å². The van der Waals surface area contributed by atoms with Gasteiger partial charge >= 0.3 is 5.69 Å². The number of unbranched alkanes of at least 4 members (excludes halogenated alkanes) is 2. The average molecular weight is 315 g/mol. The summed E-state index contributed by atoms with van der Waals surface area (Å²) in [6.45, 7) is 0.678. The molecule has 1 heterocycles. The number of aromatic amines is 1. The Balaban J connectivity index is 2.26. The van der Waals surface area contributed by atoms with Crippen LogP contribution >= 0.6 is 23.2 Å². The van der Waals surface area contributed by atoms with Crippen LogP contribution in [0.4, 0.5) is 0 Å². The third-order valence-corrected chi connectivity index (χ3v) is 3.39. The zero-order valence-electron chi connectivity index (χ0n) is 10.9. The van der Waals surface area contributed by atoms with E-state index in [1.54, 1.807) is 18.2 Å². The van der Waals surface area contributed by atoms with E-state index in [1.165, 1.54) is 4.57 Å². The van der Waals surface area contributed by atoms with Crippen LogP contribution in [-0.4, -0.2) is 21.3 Å². The van der Waals surface area contributed by atoms with E-state index in [1.807, 2.05) is 0 Å². The van der Waals surface area contributed by atoms with Crippen molar-refractivity contribution in [2.45, 2.75) is 25.7 Å². The summed E-state index contributed by atoms with van der Waals surface area (Å²) in [5.74, 6) is 0.672. The number of hydrogen-bond acceptors (Lipinski definition) is 3. The number of hydrogen-bond donors (Lipinski definition) is 2. The van der Waals surface area contributed by atoms with E-state index in [0.717, 1.165) is 19.3 Å². The van der Waals surface area contributed by atoms with Crippen molar-refractivity contribution >= 4 is 23.2 Å². The first-order valence-electron chi connectivity index (χ1n) is 6.44. The van der Waals surface area contributed by atoms with E-state index in [9.17, 15) is 4.79 Å². The van der Waals surface area contributed by atoms with Crippen LogP contribution in [-0.2, 0) is 6.42 Å². The van der Waals surface area contributed by atoms with Crippen LogP contribution in [0.3, 0.4) is 0 Å². The van der Waals surface area contributed by atoms with Crippen LogP contribution in [0.25, 0.3) is 5.69 Å². The summed E-state index contributed by atoms with van der Waals surface area (Å²) in [5.41, 5.74) is 5.79. The van der Waals surface area contributed by atoms with Crippen molar-refractivity contribution in [3.63, 3.8) is 0 Å². The maximum absolute atomic E-state index is 11.9. The fraction of sp³-hybridized carbons (Fsp3) is 0.385. The minimum Gasteiger partial charge on any atom is -0.330 e. The van der Waals surface area contributed by atoms with Crippen molar-refractivity contribution in [3.05, 3.63) is 44.6 Å². The van der Waals surface area contributed by atoms with Gasteiger partial charge in [0.05, 0.1) is 5.69 Å². The van der Waals surface area contributed by atoms with Gasteiger partial charge in [-0.15, -0.1) is 0 Å². The number of benzene rings is 1. The molecule has 0 fully saturated rings. The fourth-order valence-corrected chi connectivity index (χ4v) is 2.55. The highest BCUT2D eigenvalue weighted by molar-refractivity contribution is 6.34. The third kappa shape index (κ3) is 3.62. The Labute approximate surface area is 126 Å². The third-order valence-electron chi connectivity index (χ3n) is 2.95. The first kappa shape index (κ1) is 15.1. The van der Waals surface area contributed by atoms with Gasteiger partial charge in [-0.25, -0.2) is 14.5 Å². The normalized spacial score (nSPS) is 10.9. The van der Waals surface area contributed by atoms with Crippen LogP contribution in [0.5, 0.6) is 0 Å². The average Bonchev–Trinajstić information content (AvgIpc) is 2.75. The van der Waals surface area contributed by atoms with Crippen molar-refractivity contribution in [1.29, 1.82) is 0 Å². The van der Waals surface area contributed by atoms with Gasteiger partial charge in [-0.1, -0.05) is 29.6 Å². The largest absolute Gasteiger partial charge is 0.347 e. The highest BCUT2D eigenvalue weighted by atomic mass is 35.5. The zero-order valence-corrected chi connectivity index (χ0v) is 12.4. The Morgan fingerprint density at radius 3 is 2.50 bits per heavy atom. The lowest BCUT2D eigenvalue weighted by atomic mass is 10.2. The molecule has 0 amide bonds. The molecule has 0 radical (unpaired) electrons. The van der Waals surface area contributed by atoms with Gasteiger partial charge in [0.25, 0.3) is 0 Å². The molecular formula is C13H16Cl2N4O. The highest BCUT2D eigenvalue weighted by Gasteiger charge is 2.11. The molecule has 2 aromatic rings. The number of rotatable bonds is 6. The SMILES string of the molecule is NCCCCCc1n[nH]c(=O)n1-c1cc(Cl)cc(Cl)c1. The first-order chi connectivity index (χ1) is 9.61. The second kappa shape index (κ2) is 6.92. The van der Waals surface area contributed by atoms with Crippen LogP contribution in [0, 0.1) is 0 Å². The minimum absolute atomic E-state index is 0.294. The second-order valence-electron chi connectivity index (χ2n) is 4.51. The van der Waals surface area contributed by atoms with Gasteiger partial charge in [-0.3, -0.25) is 0 Å². The van der Waals surface area contributed by atoms with Gasteiger partial charge in [0, 0.05) is 16.5 Å². The number of nitrogens with zero attached hydrogens (tertiary/aromatic N) is 2. The molecule has 108 valence electrons. The Morgan fingerprint density at radius 1 is 1.15 bits per heavy atom. The van der Waals surface area contributed by atoms with Crippen molar-refractivity contribution in [1.82, 2.24) is 14.8 Å². The molecule has 1 aromatic heterocycles. The van der Waals surface area contributed by atoms with E-state index in [4.69, 9.17) is 28.9 Å². The number of aromatic nitrogens is 3. The van der Waals surface area contributed by atoms with Gasteiger partial charge in [0.15, 0.2) is 0 Å². The Morgan fingerprint density at radius 2 is 1.85 bits per heavy atom. The number of H-pyrrole nitrogens is 1. The molecule has 0 bridgehead atoms. The van der Waals surface area contributed by atoms with Crippen molar-refractivity contribution < 1.29 is 0 Å². The lowest BCUT2D eigenvalue weighted by Gasteiger charge is -2.07. The molecule has 2 rings (SSSR count). The van der Waals surface area contributed by atoms with E-state index in [2.05, 4.69) is 10.2 Å². The molecule has 0 saturated carbocycles. The molecule has 0 saturated heterocycles. The summed E-state index contributed by atoms with van der Waals surface area (Å²) in [7, 11) is 0. The maximum Gasteiger partial charge on any atom is 0.347 e. The van der Waals surface area contributed by atoms with E-state index in [0.29, 0.717) is 34.5 Å². The molecule has 0 unspecified atom stereocenters. The van der Waals surface area contributed by atoms with Gasteiger partial charge in [-0.2, -0.15) is 5.10 Å². The summed E-state index contributed by atoms with van der Waals surface area (Å²) >= 11 is 11.9. The van der Waals surface area contributed by atoms with E-state index < -0.39 is 0 Å². The number of nitrogens with two attached hydrogens (primary N) is 1. The van der Waals surface area contributed by atoms with Crippen LogP contribution in [0.1, 0.15) is 25.1 Å². The number of nitrogens with one attached hydrogen (secondary N) is 1. The smallest absolute Gasteiger partial charge is 0.330 e. The highest BCUT2D eigenvalue weighted by Crippen LogP contribution is 2.21. The van der Waals surface area contributed by atoms with Crippen LogP contribution < -0.4 is 11.4 Å². The molecule has 7 heteroatoms. The standard InChI is InChI=1S/C13H16Cl2N4O/c14-9-6-10(15)8-11(7-9)19-12(17-18-13(19)20)4-2-1-3-5-16/h6-8H,1-5,16H2,(H,18,20). The molecule has 3 N–H and O–H groups in total. The number of aryl methyl sites for hydroxylation is 1. The van der Waals surface area contributed by atoms with E-state index >= 15 is 0 Å². The Hall–Kier alpha value is -1.30.